The van der Waals surface area contributed by atoms with Crippen LogP contribution in [0.4, 0.5) is 0 Å². The molecule has 1 nitrogen and oxygen atoms in total. The fourth-order valence-corrected chi connectivity index (χ4v) is 3.05. The fraction of sp³-hybridized carbons (Fsp3) is 0.500. The topological polar surface area (TPSA) is 9.23 Å². The lowest BCUT2D eigenvalue weighted by molar-refractivity contribution is 0.148. The lowest BCUT2D eigenvalue weighted by Gasteiger charge is -2.27. The highest BCUT2D eigenvalue weighted by molar-refractivity contribution is 5.25. The van der Waals surface area contributed by atoms with Crippen LogP contribution in [0.3, 0.4) is 0 Å². The van der Waals surface area contributed by atoms with Gasteiger partial charge >= 0.3 is 0 Å². The Morgan fingerprint density at radius 2 is 1.81 bits per heavy atom. The molecule has 0 bridgehead atoms. The summed E-state index contributed by atoms with van der Waals surface area (Å²) in [4.78, 5) is 0. The lowest BCUT2D eigenvalue weighted by atomic mass is 9.79. The van der Waals surface area contributed by atoms with Crippen molar-refractivity contribution in [2.24, 2.45) is 5.92 Å². The summed E-state index contributed by atoms with van der Waals surface area (Å²) in [5.41, 5.74) is 2.76. The molecular weight excluding hydrogens is 256 g/mol. The second-order valence-corrected chi connectivity index (χ2v) is 5.98. The van der Waals surface area contributed by atoms with E-state index in [1.54, 1.807) is 0 Å². The molecule has 1 aliphatic rings. The van der Waals surface area contributed by atoms with Gasteiger partial charge in [-0.1, -0.05) is 49.4 Å². The van der Waals surface area contributed by atoms with Gasteiger partial charge < -0.3 is 4.74 Å². The third-order valence-electron chi connectivity index (χ3n) is 4.44. The minimum atomic E-state index is 0.706. The van der Waals surface area contributed by atoms with Crippen LogP contribution in [0.1, 0.15) is 56.1 Å². The van der Waals surface area contributed by atoms with Gasteiger partial charge in [0.15, 0.2) is 0 Å². The average molecular weight is 284 g/mol. The third-order valence-corrected chi connectivity index (χ3v) is 4.44. The van der Waals surface area contributed by atoms with E-state index >= 15 is 0 Å². The van der Waals surface area contributed by atoms with Crippen molar-refractivity contribution in [2.75, 3.05) is 6.61 Å². The molecule has 0 amide bonds. The molecular formula is C20H28O. The SMILES string of the molecule is C=C[C@H]1CC[C@H](c2ccc(COC/C=C/CC)cc2)CC1. The number of ether oxygens (including phenoxy) is 1. The Balaban J connectivity index is 1.79. The summed E-state index contributed by atoms with van der Waals surface area (Å²) < 4.78 is 5.64. The van der Waals surface area contributed by atoms with Crippen molar-refractivity contribution in [3.63, 3.8) is 0 Å². The summed E-state index contributed by atoms with van der Waals surface area (Å²) in [6.45, 7) is 7.47. The molecule has 0 aromatic heterocycles. The van der Waals surface area contributed by atoms with Crippen LogP contribution in [0.25, 0.3) is 0 Å². The second-order valence-electron chi connectivity index (χ2n) is 5.98. The van der Waals surface area contributed by atoms with Crippen LogP contribution in [-0.4, -0.2) is 6.61 Å². The van der Waals surface area contributed by atoms with Crippen LogP contribution in [0.5, 0.6) is 0 Å². The van der Waals surface area contributed by atoms with Crippen molar-refractivity contribution in [3.05, 3.63) is 60.2 Å². The highest BCUT2D eigenvalue weighted by Crippen LogP contribution is 2.36. The minimum absolute atomic E-state index is 0.706. The largest absolute Gasteiger partial charge is 0.373 e. The predicted molar refractivity (Wildman–Crippen MR) is 90.4 cm³/mol. The van der Waals surface area contributed by atoms with E-state index < -0.39 is 0 Å². The van der Waals surface area contributed by atoms with E-state index in [-0.39, 0.29) is 0 Å². The smallest absolute Gasteiger partial charge is 0.0721 e. The number of benzene rings is 1. The van der Waals surface area contributed by atoms with Crippen LogP contribution >= 0.6 is 0 Å². The first-order chi connectivity index (χ1) is 10.3. The zero-order chi connectivity index (χ0) is 14.9. The van der Waals surface area contributed by atoms with Crippen LogP contribution in [0.15, 0.2) is 49.1 Å². The molecule has 0 spiro atoms. The summed E-state index contributed by atoms with van der Waals surface area (Å²) in [6.07, 6.45) is 12.6. The first kappa shape index (κ1) is 16.0. The van der Waals surface area contributed by atoms with Gasteiger partial charge in [0.05, 0.1) is 13.2 Å². The van der Waals surface area contributed by atoms with Crippen molar-refractivity contribution >= 4 is 0 Å². The van der Waals surface area contributed by atoms with Crippen molar-refractivity contribution in [3.8, 4) is 0 Å². The van der Waals surface area contributed by atoms with Crippen LogP contribution in [0, 0.1) is 5.92 Å². The van der Waals surface area contributed by atoms with E-state index in [1.807, 2.05) is 0 Å². The molecule has 1 aromatic rings. The van der Waals surface area contributed by atoms with Gasteiger partial charge in [-0.3, -0.25) is 0 Å². The Morgan fingerprint density at radius 3 is 2.43 bits per heavy atom. The lowest BCUT2D eigenvalue weighted by Crippen LogP contribution is -2.11. The number of rotatable bonds is 7. The zero-order valence-electron chi connectivity index (χ0n) is 13.3. The molecule has 0 N–H and O–H groups in total. The molecule has 1 fully saturated rings. The standard InChI is InChI=1S/C20H28O/c1-3-5-6-15-21-16-18-9-13-20(14-10-18)19-11-7-17(4-2)8-12-19/h4-6,9-10,13-14,17,19H,2-3,7-8,11-12,15-16H2,1H3/b6-5+/t17-,19-. The zero-order valence-corrected chi connectivity index (χ0v) is 13.3. The van der Waals surface area contributed by atoms with Crippen LogP contribution in [0.2, 0.25) is 0 Å². The van der Waals surface area contributed by atoms with Gasteiger partial charge in [-0.25, -0.2) is 0 Å². The van der Waals surface area contributed by atoms with E-state index in [4.69, 9.17) is 4.74 Å². The van der Waals surface area contributed by atoms with Gasteiger partial charge in [0.25, 0.3) is 0 Å². The number of hydrogen-bond acceptors (Lipinski definition) is 1. The predicted octanol–water partition coefficient (Wildman–Crippen LogP) is 5.63. The monoisotopic (exact) mass is 284 g/mol. The van der Waals surface area contributed by atoms with Crippen LogP contribution < -0.4 is 0 Å². The Morgan fingerprint density at radius 1 is 1.10 bits per heavy atom. The Bertz CT molecular complexity index is 435. The molecule has 0 radical (unpaired) electrons. The van der Waals surface area contributed by atoms with E-state index in [0.717, 1.165) is 18.3 Å². The first-order valence-electron chi connectivity index (χ1n) is 8.27. The molecule has 0 saturated heterocycles. The van der Waals surface area contributed by atoms with Crippen molar-refractivity contribution in [2.45, 2.75) is 51.6 Å². The van der Waals surface area contributed by atoms with Gasteiger partial charge in [0, 0.05) is 0 Å². The maximum atomic E-state index is 5.64. The summed E-state index contributed by atoms with van der Waals surface area (Å²) in [5.74, 6) is 1.48. The molecule has 0 atom stereocenters. The van der Waals surface area contributed by atoms with Gasteiger partial charge in [0.1, 0.15) is 0 Å². The Labute approximate surface area is 129 Å². The highest BCUT2D eigenvalue weighted by Gasteiger charge is 2.20. The number of allylic oxidation sites excluding steroid dienone is 2. The Hall–Kier alpha value is -1.34. The number of hydrogen-bond donors (Lipinski definition) is 0. The van der Waals surface area contributed by atoms with Crippen molar-refractivity contribution in [1.29, 1.82) is 0 Å². The van der Waals surface area contributed by atoms with E-state index in [0.29, 0.717) is 13.2 Å². The molecule has 0 heterocycles. The quantitative estimate of drug-likeness (QED) is 0.466. The molecule has 1 saturated carbocycles. The molecule has 0 aliphatic heterocycles. The van der Waals surface area contributed by atoms with Gasteiger partial charge in [-0.2, -0.15) is 0 Å². The van der Waals surface area contributed by atoms with E-state index in [9.17, 15) is 0 Å². The molecule has 2 rings (SSSR count). The molecule has 21 heavy (non-hydrogen) atoms. The molecule has 114 valence electrons. The summed E-state index contributed by atoms with van der Waals surface area (Å²) in [7, 11) is 0. The Kier molecular flexibility index (Phi) is 6.75. The maximum absolute atomic E-state index is 5.64. The van der Waals surface area contributed by atoms with E-state index in [2.05, 4.69) is 56.0 Å². The summed E-state index contributed by atoms with van der Waals surface area (Å²) in [6, 6.07) is 9.02. The highest BCUT2D eigenvalue weighted by atomic mass is 16.5. The van der Waals surface area contributed by atoms with Crippen molar-refractivity contribution < 1.29 is 4.74 Å². The minimum Gasteiger partial charge on any atom is -0.373 e. The summed E-state index contributed by atoms with van der Waals surface area (Å²) in [5, 5.41) is 0. The fourth-order valence-electron chi connectivity index (χ4n) is 3.05. The molecule has 0 unspecified atom stereocenters. The van der Waals surface area contributed by atoms with Crippen LogP contribution in [-0.2, 0) is 11.3 Å². The molecule has 1 aliphatic carbocycles. The normalized spacial score (nSPS) is 22.5. The van der Waals surface area contributed by atoms with Gasteiger partial charge in [-0.15, -0.1) is 6.58 Å². The van der Waals surface area contributed by atoms with Gasteiger partial charge in [0.2, 0.25) is 0 Å². The molecule has 1 aromatic carbocycles. The maximum Gasteiger partial charge on any atom is 0.0721 e. The van der Waals surface area contributed by atoms with E-state index in [1.165, 1.54) is 36.8 Å². The first-order valence-corrected chi connectivity index (χ1v) is 8.27. The average Bonchev–Trinajstić information content (AvgIpc) is 2.55. The summed E-state index contributed by atoms with van der Waals surface area (Å²) >= 11 is 0. The third kappa shape index (κ3) is 5.17. The van der Waals surface area contributed by atoms with Crippen molar-refractivity contribution in [1.82, 2.24) is 0 Å². The molecule has 1 heteroatoms. The second kappa shape index (κ2) is 8.84. The van der Waals surface area contributed by atoms with Gasteiger partial charge in [-0.05, 0) is 55.1 Å².